The molecule has 0 atom stereocenters. The van der Waals surface area contributed by atoms with Gasteiger partial charge in [0.25, 0.3) is 0 Å². The molecule has 14 heteroatoms. The highest BCUT2D eigenvalue weighted by Crippen LogP contribution is 2.33. The number of halogens is 6. The molecule has 4 N–H and O–H groups in total. The molecule has 4 aromatic carbocycles. The van der Waals surface area contributed by atoms with E-state index < -0.39 is 23.3 Å². The molecule has 0 saturated heterocycles. The van der Waals surface area contributed by atoms with Crippen molar-refractivity contribution in [3.05, 3.63) is 118 Å². The quantitative estimate of drug-likeness (QED) is 0.191. The van der Waals surface area contributed by atoms with Crippen LogP contribution in [0.5, 0.6) is 0 Å². The Balaban J connectivity index is 0.000000175. The SMILES string of the molecule is Nc1nnc(-c2cccc(Cl)c2)c(-c2ccc(F)cc2F)n1.Nc1nnc(-c2cccc(Cl)c2)c(-c2ccc(F)cc2F)n1. The average molecular weight is 637 g/mol. The van der Waals surface area contributed by atoms with E-state index in [1.54, 1.807) is 48.5 Å². The first-order valence-corrected chi connectivity index (χ1v) is 13.3. The zero-order valence-corrected chi connectivity index (χ0v) is 23.7. The summed E-state index contributed by atoms with van der Waals surface area (Å²) in [6, 6.07) is 20.0. The number of nitrogen functional groups attached to an aromatic ring is 2. The van der Waals surface area contributed by atoms with Gasteiger partial charge in [0.05, 0.1) is 0 Å². The fourth-order valence-electron chi connectivity index (χ4n) is 4.08. The summed E-state index contributed by atoms with van der Waals surface area (Å²) in [6.07, 6.45) is 0. The van der Waals surface area contributed by atoms with Gasteiger partial charge in [-0.2, -0.15) is 0 Å². The molecule has 0 fully saturated rings. The molecule has 8 nitrogen and oxygen atoms in total. The summed E-state index contributed by atoms with van der Waals surface area (Å²) >= 11 is 11.9. The number of nitrogens with two attached hydrogens (primary N) is 2. The lowest BCUT2D eigenvalue weighted by molar-refractivity contribution is 0.584. The first-order valence-electron chi connectivity index (χ1n) is 12.5. The Morgan fingerprint density at radius 2 is 0.886 bits per heavy atom. The van der Waals surface area contributed by atoms with Crippen LogP contribution in [0.25, 0.3) is 45.0 Å². The lowest BCUT2D eigenvalue weighted by Crippen LogP contribution is -2.03. The lowest BCUT2D eigenvalue weighted by Gasteiger charge is -2.09. The molecular weight excluding hydrogens is 619 g/mol. The number of aromatic nitrogens is 6. The van der Waals surface area contributed by atoms with Crippen molar-refractivity contribution in [1.29, 1.82) is 0 Å². The molecule has 0 amide bonds. The van der Waals surface area contributed by atoms with E-state index in [1.165, 1.54) is 12.1 Å². The Morgan fingerprint density at radius 1 is 0.477 bits per heavy atom. The van der Waals surface area contributed by atoms with Gasteiger partial charge in [0.1, 0.15) is 46.0 Å². The molecular formula is C30H18Cl2F4N8. The number of rotatable bonds is 4. The Kier molecular flexibility index (Phi) is 8.93. The van der Waals surface area contributed by atoms with Crippen molar-refractivity contribution in [2.24, 2.45) is 0 Å². The van der Waals surface area contributed by atoms with E-state index in [0.29, 0.717) is 32.6 Å². The van der Waals surface area contributed by atoms with Gasteiger partial charge in [0, 0.05) is 44.4 Å². The molecule has 0 saturated carbocycles. The second-order valence-corrected chi connectivity index (χ2v) is 9.88. The Bertz CT molecular complexity index is 1850. The van der Waals surface area contributed by atoms with Gasteiger partial charge < -0.3 is 11.5 Å². The Morgan fingerprint density at radius 3 is 1.25 bits per heavy atom. The van der Waals surface area contributed by atoms with Crippen LogP contribution in [-0.2, 0) is 0 Å². The number of nitrogens with zero attached hydrogens (tertiary/aromatic N) is 6. The molecule has 220 valence electrons. The Labute approximate surface area is 257 Å². The van der Waals surface area contributed by atoms with Gasteiger partial charge >= 0.3 is 0 Å². The van der Waals surface area contributed by atoms with Crippen molar-refractivity contribution in [2.75, 3.05) is 11.5 Å². The van der Waals surface area contributed by atoms with Crippen LogP contribution in [0.3, 0.4) is 0 Å². The second-order valence-electron chi connectivity index (χ2n) is 9.00. The number of hydrogen-bond donors (Lipinski definition) is 2. The third kappa shape index (κ3) is 6.88. The van der Waals surface area contributed by atoms with Crippen LogP contribution in [0, 0.1) is 23.3 Å². The average Bonchev–Trinajstić information content (AvgIpc) is 2.97. The van der Waals surface area contributed by atoms with E-state index in [9.17, 15) is 17.6 Å². The van der Waals surface area contributed by atoms with Crippen LogP contribution >= 0.6 is 23.2 Å². The second kappa shape index (κ2) is 13.0. The summed E-state index contributed by atoms with van der Waals surface area (Å²) in [7, 11) is 0. The summed E-state index contributed by atoms with van der Waals surface area (Å²) in [4.78, 5) is 8.08. The topological polar surface area (TPSA) is 129 Å². The molecule has 2 aromatic heterocycles. The summed E-state index contributed by atoms with van der Waals surface area (Å²) in [6.45, 7) is 0. The first kappa shape index (κ1) is 30.3. The maximum absolute atomic E-state index is 14.0. The molecule has 44 heavy (non-hydrogen) atoms. The van der Waals surface area contributed by atoms with Crippen LogP contribution in [0.15, 0.2) is 84.9 Å². The van der Waals surface area contributed by atoms with Crippen molar-refractivity contribution >= 4 is 35.1 Å². The van der Waals surface area contributed by atoms with Crippen LogP contribution in [0.4, 0.5) is 29.5 Å². The minimum atomic E-state index is -0.761. The summed E-state index contributed by atoms with van der Waals surface area (Å²) in [5.41, 5.74) is 13.4. The van der Waals surface area contributed by atoms with Gasteiger partial charge in [-0.15, -0.1) is 20.4 Å². The molecule has 0 unspecified atom stereocenters. The van der Waals surface area contributed by atoms with E-state index in [4.69, 9.17) is 34.7 Å². The van der Waals surface area contributed by atoms with Crippen LogP contribution in [0.2, 0.25) is 10.0 Å². The maximum Gasteiger partial charge on any atom is 0.240 e. The van der Waals surface area contributed by atoms with Crippen molar-refractivity contribution < 1.29 is 17.6 Å². The highest BCUT2D eigenvalue weighted by atomic mass is 35.5. The van der Waals surface area contributed by atoms with Crippen molar-refractivity contribution in [3.63, 3.8) is 0 Å². The zero-order valence-electron chi connectivity index (χ0n) is 22.2. The van der Waals surface area contributed by atoms with Crippen LogP contribution in [-0.4, -0.2) is 30.4 Å². The van der Waals surface area contributed by atoms with Crippen molar-refractivity contribution in [3.8, 4) is 45.0 Å². The molecule has 0 bridgehead atoms. The summed E-state index contributed by atoms with van der Waals surface area (Å²) in [5, 5.41) is 16.3. The minimum absolute atomic E-state index is 0.0815. The molecule has 6 aromatic rings. The minimum Gasteiger partial charge on any atom is -0.366 e. The van der Waals surface area contributed by atoms with Gasteiger partial charge in [-0.25, -0.2) is 27.5 Å². The largest absolute Gasteiger partial charge is 0.366 e. The zero-order chi connectivity index (χ0) is 31.4. The number of anilines is 2. The third-order valence-electron chi connectivity index (χ3n) is 5.97. The maximum atomic E-state index is 14.0. The lowest BCUT2D eigenvalue weighted by atomic mass is 10.0. The van der Waals surface area contributed by atoms with Gasteiger partial charge in [-0.05, 0) is 48.5 Å². The van der Waals surface area contributed by atoms with Crippen molar-refractivity contribution in [1.82, 2.24) is 30.4 Å². The Hall–Kier alpha value is -5.20. The van der Waals surface area contributed by atoms with Gasteiger partial charge in [0.2, 0.25) is 11.9 Å². The molecule has 0 spiro atoms. The van der Waals surface area contributed by atoms with E-state index in [1.807, 2.05) is 0 Å². The summed E-state index contributed by atoms with van der Waals surface area (Å²) < 4.78 is 54.3. The fourth-order valence-corrected chi connectivity index (χ4v) is 4.46. The van der Waals surface area contributed by atoms with E-state index in [0.717, 1.165) is 24.3 Å². The third-order valence-corrected chi connectivity index (χ3v) is 6.45. The van der Waals surface area contributed by atoms with Gasteiger partial charge in [0.15, 0.2) is 0 Å². The standard InChI is InChI=1S/2C15H9ClF2N4/c2*16-9-3-1-2-8(6-9)13-14(20-15(19)22-21-13)11-5-4-10(17)7-12(11)18/h2*1-7H,(H2,19,20,22). The first-order chi connectivity index (χ1) is 21.1. The van der Waals surface area contributed by atoms with E-state index in [2.05, 4.69) is 30.4 Å². The smallest absolute Gasteiger partial charge is 0.240 e. The van der Waals surface area contributed by atoms with E-state index >= 15 is 0 Å². The predicted molar refractivity (Wildman–Crippen MR) is 160 cm³/mol. The number of benzene rings is 4. The van der Waals surface area contributed by atoms with Gasteiger partial charge in [-0.3, -0.25) is 0 Å². The summed E-state index contributed by atoms with van der Waals surface area (Å²) in [5.74, 6) is -3.10. The highest BCUT2D eigenvalue weighted by Gasteiger charge is 2.18. The van der Waals surface area contributed by atoms with Gasteiger partial charge in [-0.1, -0.05) is 47.5 Å². The molecule has 0 aliphatic carbocycles. The monoisotopic (exact) mass is 636 g/mol. The molecule has 6 rings (SSSR count). The van der Waals surface area contributed by atoms with Crippen LogP contribution < -0.4 is 11.5 Å². The molecule has 0 radical (unpaired) electrons. The molecule has 0 aliphatic heterocycles. The normalized spacial score (nSPS) is 10.7. The van der Waals surface area contributed by atoms with Crippen LogP contribution in [0.1, 0.15) is 0 Å². The number of hydrogen-bond acceptors (Lipinski definition) is 8. The predicted octanol–water partition coefficient (Wildman–Crippen LogP) is 7.44. The van der Waals surface area contributed by atoms with E-state index in [-0.39, 0.29) is 34.4 Å². The molecule has 2 heterocycles. The molecule has 0 aliphatic rings. The fraction of sp³-hybridized carbons (Fsp3) is 0. The highest BCUT2D eigenvalue weighted by molar-refractivity contribution is 6.31. The van der Waals surface area contributed by atoms with Crippen molar-refractivity contribution in [2.45, 2.75) is 0 Å².